The summed E-state index contributed by atoms with van der Waals surface area (Å²) in [4.78, 5) is 23.7. The van der Waals surface area contributed by atoms with Gasteiger partial charge in [-0.3, -0.25) is 0 Å². The minimum atomic E-state index is -2.25. The van der Waals surface area contributed by atoms with E-state index in [4.69, 9.17) is 13.9 Å². The third-order valence-electron chi connectivity index (χ3n) is 3.22. The molecule has 0 aliphatic carbocycles. The van der Waals surface area contributed by atoms with Crippen molar-refractivity contribution in [3.05, 3.63) is 0 Å². The van der Waals surface area contributed by atoms with Crippen LogP contribution in [0.5, 0.6) is 0 Å². The molecule has 6 heteroatoms. The smallest absolute Gasteiger partial charge is 0.345 e. The van der Waals surface area contributed by atoms with Gasteiger partial charge in [0.25, 0.3) is 0 Å². The fourth-order valence-corrected chi connectivity index (χ4v) is 2.24. The molecule has 0 radical (unpaired) electrons. The van der Waals surface area contributed by atoms with Crippen LogP contribution in [0.1, 0.15) is 34.6 Å². The van der Waals surface area contributed by atoms with E-state index in [-0.39, 0.29) is 18.3 Å². The molecule has 0 aromatic carbocycles. The van der Waals surface area contributed by atoms with Crippen LogP contribution >= 0.6 is 0 Å². The van der Waals surface area contributed by atoms with E-state index in [1.54, 1.807) is 13.8 Å². The Balaban J connectivity index is 5.06. The van der Waals surface area contributed by atoms with Gasteiger partial charge in [0.1, 0.15) is 0 Å². The maximum absolute atomic E-state index is 11.8. The Labute approximate surface area is 116 Å². The Morgan fingerprint density at radius 3 is 1.63 bits per heavy atom. The van der Waals surface area contributed by atoms with Crippen LogP contribution in [0.2, 0.25) is 18.1 Å². The standard InChI is InChI=1S/C13H26O5Si/c1-8-16-11(14)10(12(15)17-9-2)18-19(6,7)13(3,4)5/h10H,8-9H2,1-7H3. The highest BCUT2D eigenvalue weighted by Gasteiger charge is 2.44. The molecule has 0 aromatic rings. The van der Waals surface area contributed by atoms with Crippen molar-refractivity contribution in [2.75, 3.05) is 13.2 Å². The summed E-state index contributed by atoms with van der Waals surface area (Å²) in [7, 11) is -2.25. The van der Waals surface area contributed by atoms with E-state index in [9.17, 15) is 9.59 Å². The molecule has 0 atom stereocenters. The minimum absolute atomic E-state index is 0.107. The first-order chi connectivity index (χ1) is 8.56. The second-order valence-corrected chi connectivity index (χ2v) is 10.5. The number of hydrogen-bond donors (Lipinski definition) is 0. The summed E-state index contributed by atoms with van der Waals surface area (Å²) in [5.74, 6) is -1.35. The first kappa shape index (κ1) is 18.1. The topological polar surface area (TPSA) is 61.8 Å². The maximum Gasteiger partial charge on any atom is 0.345 e. The third-order valence-corrected chi connectivity index (χ3v) is 7.66. The molecule has 112 valence electrons. The van der Waals surface area contributed by atoms with E-state index in [0.29, 0.717) is 0 Å². The van der Waals surface area contributed by atoms with Crippen molar-refractivity contribution in [2.45, 2.75) is 58.9 Å². The predicted octanol–water partition coefficient (Wildman–Crippen LogP) is 2.50. The summed E-state index contributed by atoms with van der Waals surface area (Å²) in [6, 6.07) is 0. The van der Waals surface area contributed by atoms with Crippen LogP contribution in [0.15, 0.2) is 0 Å². The van der Waals surface area contributed by atoms with Crippen LogP contribution in [0.3, 0.4) is 0 Å². The lowest BCUT2D eigenvalue weighted by Crippen LogP contribution is -2.49. The van der Waals surface area contributed by atoms with Crippen LogP contribution in [0.4, 0.5) is 0 Å². The Kier molecular flexibility index (Phi) is 6.72. The highest BCUT2D eigenvalue weighted by molar-refractivity contribution is 6.74. The maximum atomic E-state index is 11.8. The fourth-order valence-electron chi connectivity index (χ4n) is 1.10. The molecule has 0 aliphatic rings. The Hall–Kier alpha value is -0.883. The van der Waals surface area contributed by atoms with Crippen LogP contribution < -0.4 is 0 Å². The van der Waals surface area contributed by atoms with E-state index in [1.807, 2.05) is 33.9 Å². The SMILES string of the molecule is CCOC(=O)C(O[Si](C)(C)C(C)(C)C)C(=O)OCC. The molecule has 0 fully saturated rings. The van der Waals surface area contributed by atoms with Gasteiger partial charge in [0.15, 0.2) is 8.32 Å². The number of carbonyl (C=O) groups excluding carboxylic acids is 2. The van der Waals surface area contributed by atoms with Gasteiger partial charge in [0, 0.05) is 0 Å². The zero-order chi connectivity index (χ0) is 15.3. The molecular formula is C13H26O5Si. The van der Waals surface area contributed by atoms with E-state index in [0.717, 1.165) is 0 Å². The average molecular weight is 290 g/mol. The predicted molar refractivity (Wildman–Crippen MR) is 75.3 cm³/mol. The van der Waals surface area contributed by atoms with Gasteiger partial charge >= 0.3 is 11.9 Å². The third kappa shape index (κ3) is 5.32. The van der Waals surface area contributed by atoms with Crippen LogP contribution in [-0.2, 0) is 23.5 Å². The summed E-state index contributed by atoms with van der Waals surface area (Å²) >= 11 is 0. The lowest BCUT2D eigenvalue weighted by atomic mass is 10.2. The molecule has 0 N–H and O–H groups in total. The summed E-state index contributed by atoms with van der Waals surface area (Å²) < 4.78 is 15.6. The fraction of sp³-hybridized carbons (Fsp3) is 0.846. The van der Waals surface area contributed by atoms with Crippen molar-refractivity contribution in [2.24, 2.45) is 0 Å². The number of carbonyl (C=O) groups is 2. The molecule has 0 saturated carbocycles. The molecule has 0 spiro atoms. The lowest BCUT2D eigenvalue weighted by Gasteiger charge is -2.37. The van der Waals surface area contributed by atoms with E-state index in [1.165, 1.54) is 0 Å². The van der Waals surface area contributed by atoms with Gasteiger partial charge < -0.3 is 13.9 Å². The molecule has 5 nitrogen and oxygen atoms in total. The van der Waals surface area contributed by atoms with Crippen molar-refractivity contribution < 1.29 is 23.5 Å². The Bertz CT molecular complexity index is 301. The molecular weight excluding hydrogens is 264 g/mol. The molecule has 0 saturated heterocycles. The van der Waals surface area contributed by atoms with E-state index >= 15 is 0 Å². The lowest BCUT2D eigenvalue weighted by molar-refractivity contribution is -0.167. The van der Waals surface area contributed by atoms with Crippen molar-refractivity contribution in [1.82, 2.24) is 0 Å². The van der Waals surface area contributed by atoms with Crippen LogP contribution in [-0.4, -0.2) is 39.6 Å². The van der Waals surface area contributed by atoms with Crippen molar-refractivity contribution in [3.63, 3.8) is 0 Å². The normalized spacial score (nSPS) is 12.4. The molecule has 0 aliphatic heterocycles. The summed E-state index contributed by atoms with van der Waals surface area (Å²) in [5.41, 5.74) is 0. The molecule has 0 unspecified atom stereocenters. The van der Waals surface area contributed by atoms with Crippen molar-refractivity contribution in [1.29, 1.82) is 0 Å². The van der Waals surface area contributed by atoms with Crippen LogP contribution in [0, 0.1) is 0 Å². The summed E-state index contributed by atoms with van der Waals surface area (Å²) in [6.45, 7) is 13.8. The van der Waals surface area contributed by atoms with Gasteiger partial charge in [-0.15, -0.1) is 0 Å². The van der Waals surface area contributed by atoms with Gasteiger partial charge in [-0.2, -0.15) is 0 Å². The largest absolute Gasteiger partial charge is 0.464 e. The molecule has 0 rings (SSSR count). The zero-order valence-corrected chi connectivity index (χ0v) is 14.0. The monoisotopic (exact) mass is 290 g/mol. The summed E-state index contributed by atoms with van der Waals surface area (Å²) in [6.07, 6.45) is -1.28. The molecule has 0 bridgehead atoms. The highest BCUT2D eigenvalue weighted by Crippen LogP contribution is 2.37. The van der Waals surface area contributed by atoms with Gasteiger partial charge in [0.2, 0.25) is 6.10 Å². The van der Waals surface area contributed by atoms with Gasteiger partial charge in [-0.25, -0.2) is 9.59 Å². The average Bonchev–Trinajstić information content (AvgIpc) is 2.24. The van der Waals surface area contributed by atoms with E-state index in [2.05, 4.69) is 0 Å². The summed E-state index contributed by atoms with van der Waals surface area (Å²) in [5, 5.41) is -0.107. The Morgan fingerprint density at radius 2 is 1.37 bits per heavy atom. The van der Waals surface area contributed by atoms with Gasteiger partial charge in [-0.05, 0) is 32.0 Å². The van der Waals surface area contributed by atoms with Crippen molar-refractivity contribution >= 4 is 20.3 Å². The number of ether oxygens (including phenoxy) is 2. The Morgan fingerprint density at radius 1 is 1.00 bits per heavy atom. The van der Waals surface area contributed by atoms with Gasteiger partial charge in [-0.1, -0.05) is 20.8 Å². The molecule has 0 amide bonds. The molecule has 0 aromatic heterocycles. The first-order valence-corrected chi connectivity index (χ1v) is 9.48. The number of rotatable bonds is 6. The first-order valence-electron chi connectivity index (χ1n) is 6.58. The molecule has 19 heavy (non-hydrogen) atoms. The van der Waals surface area contributed by atoms with Crippen LogP contribution in [0.25, 0.3) is 0 Å². The van der Waals surface area contributed by atoms with E-state index < -0.39 is 26.4 Å². The minimum Gasteiger partial charge on any atom is -0.464 e. The second kappa shape index (κ2) is 7.05. The highest BCUT2D eigenvalue weighted by atomic mass is 28.4. The van der Waals surface area contributed by atoms with Crippen molar-refractivity contribution in [3.8, 4) is 0 Å². The quantitative estimate of drug-likeness (QED) is 0.427. The second-order valence-electron chi connectivity index (χ2n) is 5.76. The zero-order valence-electron chi connectivity index (χ0n) is 13.0. The number of hydrogen-bond acceptors (Lipinski definition) is 5. The number of esters is 2. The van der Waals surface area contributed by atoms with Gasteiger partial charge in [0.05, 0.1) is 13.2 Å². The molecule has 0 heterocycles.